The number of benzene rings is 7. The van der Waals surface area contributed by atoms with Crippen molar-refractivity contribution in [1.82, 2.24) is 0 Å². The van der Waals surface area contributed by atoms with Gasteiger partial charge in [0.05, 0.1) is 0 Å². The quantitative estimate of drug-likeness (QED) is 0.213. The van der Waals surface area contributed by atoms with E-state index in [4.69, 9.17) is 4.74 Å². The largest absolute Gasteiger partial charge is 0.456 e. The van der Waals surface area contributed by atoms with Crippen LogP contribution < -0.4 is 4.74 Å². The highest BCUT2D eigenvalue weighted by Crippen LogP contribution is 2.55. The van der Waals surface area contributed by atoms with Crippen molar-refractivity contribution in [3.8, 4) is 56.0 Å². The second-order valence-electron chi connectivity index (χ2n) is 12.1. The Labute approximate surface area is 245 Å². The van der Waals surface area contributed by atoms with Crippen molar-refractivity contribution < 1.29 is 4.74 Å². The third kappa shape index (κ3) is 3.19. The maximum absolute atomic E-state index is 6.42. The number of fused-ring (bicyclic) bond motifs is 6. The molecule has 1 aliphatic heterocycles. The summed E-state index contributed by atoms with van der Waals surface area (Å²) in [7, 11) is 0. The first-order chi connectivity index (χ1) is 20.6. The Balaban J connectivity index is 1.35. The Morgan fingerprint density at radius 1 is 0.452 bits per heavy atom. The van der Waals surface area contributed by atoms with Gasteiger partial charge in [0.15, 0.2) is 0 Å². The van der Waals surface area contributed by atoms with Crippen LogP contribution in [0.4, 0.5) is 0 Å². The molecule has 0 atom stereocenters. The molecular weight excluding hydrogens is 508 g/mol. The average Bonchev–Trinajstić information content (AvgIpc) is 3.25. The van der Waals surface area contributed by atoms with Crippen molar-refractivity contribution in [3.05, 3.63) is 145 Å². The Kier molecular flexibility index (Phi) is 4.73. The van der Waals surface area contributed by atoms with Crippen molar-refractivity contribution in [2.75, 3.05) is 0 Å². The van der Waals surface area contributed by atoms with Crippen LogP contribution in [0.25, 0.3) is 66.1 Å². The van der Waals surface area contributed by atoms with E-state index < -0.39 is 0 Å². The van der Waals surface area contributed by atoms with Gasteiger partial charge in [0.25, 0.3) is 0 Å². The van der Waals surface area contributed by atoms with Crippen LogP contribution in [0.5, 0.6) is 11.5 Å². The first-order valence-electron chi connectivity index (χ1n) is 14.7. The van der Waals surface area contributed by atoms with E-state index in [-0.39, 0.29) is 5.41 Å². The minimum Gasteiger partial charge on any atom is -0.456 e. The predicted molar refractivity (Wildman–Crippen MR) is 175 cm³/mol. The minimum absolute atomic E-state index is 0.136. The SMILES string of the molecule is CC1(C)c2cc3ccccc3cc2-c2c(-c3ccccc3)cc(-c3ccc4c5c(cccc35)-c3ccccc3O4)cc21. The van der Waals surface area contributed by atoms with Crippen molar-refractivity contribution in [3.63, 3.8) is 0 Å². The summed E-state index contributed by atoms with van der Waals surface area (Å²) in [5, 5.41) is 4.98. The van der Waals surface area contributed by atoms with E-state index >= 15 is 0 Å². The summed E-state index contributed by atoms with van der Waals surface area (Å²) < 4.78 is 6.42. The van der Waals surface area contributed by atoms with Crippen molar-refractivity contribution in [2.45, 2.75) is 19.3 Å². The van der Waals surface area contributed by atoms with Gasteiger partial charge in [-0.05, 0) is 103 Å². The maximum atomic E-state index is 6.42. The fourth-order valence-corrected chi connectivity index (χ4v) is 7.37. The molecule has 42 heavy (non-hydrogen) atoms. The topological polar surface area (TPSA) is 9.23 Å². The summed E-state index contributed by atoms with van der Waals surface area (Å²) in [5.74, 6) is 1.84. The van der Waals surface area contributed by atoms with Gasteiger partial charge >= 0.3 is 0 Å². The highest BCUT2D eigenvalue weighted by Gasteiger charge is 2.38. The molecule has 7 aromatic rings. The molecule has 1 nitrogen and oxygen atoms in total. The van der Waals surface area contributed by atoms with Crippen LogP contribution in [0.15, 0.2) is 133 Å². The molecule has 0 spiro atoms. The van der Waals surface area contributed by atoms with E-state index in [9.17, 15) is 0 Å². The highest BCUT2D eigenvalue weighted by atomic mass is 16.5. The van der Waals surface area contributed by atoms with E-state index in [1.165, 1.54) is 71.6 Å². The lowest BCUT2D eigenvalue weighted by Gasteiger charge is -2.25. The van der Waals surface area contributed by atoms with Crippen LogP contribution in [-0.4, -0.2) is 0 Å². The van der Waals surface area contributed by atoms with E-state index in [1.54, 1.807) is 0 Å². The van der Waals surface area contributed by atoms with E-state index in [0.29, 0.717) is 0 Å². The zero-order chi connectivity index (χ0) is 28.0. The summed E-state index contributed by atoms with van der Waals surface area (Å²) in [4.78, 5) is 0. The number of rotatable bonds is 2. The Morgan fingerprint density at radius 2 is 1.19 bits per heavy atom. The highest BCUT2D eigenvalue weighted by molar-refractivity contribution is 6.11. The van der Waals surface area contributed by atoms with Crippen LogP contribution in [0.2, 0.25) is 0 Å². The molecule has 0 aromatic heterocycles. The zero-order valence-electron chi connectivity index (χ0n) is 23.6. The van der Waals surface area contributed by atoms with Crippen LogP contribution in [0, 0.1) is 0 Å². The van der Waals surface area contributed by atoms with Gasteiger partial charge in [-0.1, -0.05) is 111 Å². The Bertz CT molecular complexity index is 2240. The number of ether oxygens (including phenoxy) is 1. The summed E-state index contributed by atoms with van der Waals surface area (Å²) in [6.45, 7) is 4.76. The molecule has 0 bridgehead atoms. The molecule has 0 saturated carbocycles. The van der Waals surface area contributed by atoms with Crippen molar-refractivity contribution in [1.29, 1.82) is 0 Å². The Morgan fingerprint density at radius 3 is 2.05 bits per heavy atom. The van der Waals surface area contributed by atoms with Crippen molar-refractivity contribution in [2.24, 2.45) is 0 Å². The van der Waals surface area contributed by atoms with Gasteiger partial charge in [0, 0.05) is 16.4 Å². The summed E-state index contributed by atoms with van der Waals surface area (Å²) in [5.41, 5.74) is 12.7. The smallest absolute Gasteiger partial charge is 0.135 e. The molecule has 198 valence electrons. The van der Waals surface area contributed by atoms with Crippen molar-refractivity contribution >= 4 is 21.5 Å². The molecule has 1 aliphatic carbocycles. The first kappa shape index (κ1) is 23.6. The lowest BCUT2D eigenvalue weighted by atomic mass is 9.79. The van der Waals surface area contributed by atoms with Gasteiger partial charge in [-0.15, -0.1) is 0 Å². The van der Waals surface area contributed by atoms with Gasteiger partial charge in [-0.25, -0.2) is 0 Å². The van der Waals surface area contributed by atoms with E-state index in [1.807, 2.05) is 6.07 Å². The lowest BCUT2D eigenvalue weighted by molar-refractivity contribution is 0.487. The van der Waals surface area contributed by atoms with Crippen LogP contribution in [-0.2, 0) is 5.41 Å². The van der Waals surface area contributed by atoms with Crippen LogP contribution in [0.3, 0.4) is 0 Å². The predicted octanol–water partition coefficient (Wildman–Crippen LogP) is 11.4. The third-order valence-electron chi connectivity index (χ3n) is 9.44. The number of hydrogen-bond acceptors (Lipinski definition) is 1. The molecule has 0 unspecified atom stereocenters. The fraction of sp³-hybridized carbons (Fsp3) is 0.0732. The molecule has 0 amide bonds. The summed E-state index contributed by atoms with van der Waals surface area (Å²) in [6, 6.07) is 48.7. The Hall–Kier alpha value is -5.14. The summed E-state index contributed by atoms with van der Waals surface area (Å²) in [6.07, 6.45) is 0. The molecule has 0 fully saturated rings. The van der Waals surface area contributed by atoms with E-state index in [0.717, 1.165) is 17.1 Å². The van der Waals surface area contributed by atoms with Gasteiger partial charge in [-0.3, -0.25) is 0 Å². The third-order valence-corrected chi connectivity index (χ3v) is 9.44. The second-order valence-corrected chi connectivity index (χ2v) is 12.1. The molecule has 9 rings (SSSR count). The monoisotopic (exact) mass is 536 g/mol. The molecule has 2 aliphatic rings. The molecule has 7 aromatic carbocycles. The van der Waals surface area contributed by atoms with Gasteiger partial charge in [0.1, 0.15) is 11.5 Å². The normalized spacial score (nSPS) is 13.9. The molecule has 1 heterocycles. The first-order valence-corrected chi connectivity index (χ1v) is 14.7. The second kappa shape index (κ2) is 8.44. The molecule has 0 N–H and O–H groups in total. The van der Waals surface area contributed by atoms with Crippen LogP contribution in [0.1, 0.15) is 25.0 Å². The molecule has 0 saturated heterocycles. The molecule has 1 heteroatoms. The lowest BCUT2D eigenvalue weighted by Crippen LogP contribution is -2.15. The zero-order valence-corrected chi connectivity index (χ0v) is 23.6. The number of para-hydroxylation sites is 1. The van der Waals surface area contributed by atoms with Gasteiger partial charge in [0.2, 0.25) is 0 Å². The van der Waals surface area contributed by atoms with Crippen LogP contribution >= 0.6 is 0 Å². The van der Waals surface area contributed by atoms with E-state index in [2.05, 4.69) is 141 Å². The number of hydrogen-bond donors (Lipinski definition) is 0. The average molecular weight is 537 g/mol. The maximum Gasteiger partial charge on any atom is 0.135 e. The standard InChI is InChI=1S/C41H28O/c1-41(2)35-23-27-14-7-6-13-26(27)21-34(35)39-33(25-11-4-3-5-12-25)22-28(24-36(39)41)29-19-20-38-40-31(29)16-10-17-32(40)30-15-8-9-18-37(30)42-38/h3-24H,1-2H3. The molecule has 0 radical (unpaired) electrons. The van der Waals surface area contributed by atoms with Gasteiger partial charge in [-0.2, -0.15) is 0 Å². The summed E-state index contributed by atoms with van der Waals surface area (Å²) >= 11 is 0. The minimum atomic E-state index is -0.136. The fourth-order valence-electron chi connectivity index (χ4n) is 7.37. The van der Waals surface area contributed by atoms with Gasteiger partial charge < -0.3 is 4.74 Å². The molecular formula is C41H28O.